The molecule has 3 heterocycles. The van der Waals surface area contributed by atoms with Crippen molar-refractivity contribution in [3.63, 3.8) is 0 Å². The summed E-state index contributed by atoms with van der Waals surface area (Å²) in [6, 6.07) is 1.88. The fraction of sp³-hybridized carbons (Fsp3) is 0.565. The number of hydrogen-bond donors (Lipinski definition) is 0. The van der Waals surface area contributed by atoms with Crippen LogP contribution in [0.2, 0.25) is 0 Å². The topological polar surface area (TPSA) is 69.0 Å². The van der Waals surface area contributed by atoms with Gasteiger partial charge in [0.05, 0.1) is 24.5 Å². The van der Waals surface area contributed by atoms with Crippen LogP contribution in [0.3, 0.4) is 0 Å². The lowest BCUT2D eigenvalue weighted by Gasteiger charge is -2.33. The average Bonchev–Trinajstić information content (AvgIpc) is 2.69. The molecule has 0 radical (unpaired) electrons. The Labute approximate surface area is 170 Å². The van der Waals surface area contributed by atoms with E-state index in [1.165, 1.54) is 0 Å². The molecule has 1 amide bonds. The largest absolute Gasteiger partial charge is 0.496 e. The highest BCUT2D eigenvalue weighted by molar-refractivity contribution is 5.93. The number of nitrogens with zero attached hydrogens (tertiary/aromatic N) is 1. The Balaban J connectivity index is 1.80. The minimum atomic E-state index is -0.444. The molecule has 0 saturated carbocycles. The Morgan fingerprint density at radius 3 is 2.66 bits per heavy atom. The van der Waals surface area contributed by atoms with Gasteiger partial charge in [-0.2, -0.15) is 0 Å². The van der Waals surface area contributed by atoms with Crippen molar-refractivity contribution in [2.75, 3.05) is 20.2 Å². The zero-order valence-corrected chi connectivity index (χ0v) is 17.7. The average molecular weight is 399 g/mol. The molecule has 2 aromatic rings. The second kappa shape index (κ2) is 7.39. The van der Waals surface area contributed by atoms with Gasteiger partial charge in [-0.1, -0.05) is 0 Å². The predicted octanol–water partition coefficient (Wildman–Crippen LogP) is 3.77. The van der Waals surface area contributed by atoms with E-state index in [2.05, 4.69) is 0 Å². The number of aryl methyl sites for hydroxylation is 2. The minimum absolute atomic E-state index is 0.0125. The van der Waals surface area contributed by atoms with Crippen molar-refractivity contribution < 1.29 is 18.7 Å². The molecule has 1 fully saturated rings. The van der Waals surface area contributed by atoms with Gasteiger partial charge in [0.1, 0.15) is 22.7 Å². The second-order valence-corrected chi connectivity index (χ2v) is 8.73. The zero-order chi connectivity index (χ0) is 20.8. The third-order valence-electron chi connectivity index (χ3n) is 6.20. The molecular formula is C23H29NO5. The molecule has 2 aliphatic heterocycles. The molecule has 1 aromatic heterocycles. The maximum atomic E-state index is 12.9. The summed E-state index contributed by atoms with van der Waals surface area (Å²) in [5, 5.41) is 0.760. The first-order chi connectivity index (χ1) is 13.8. The maximum Gasteiger partial charge on any atom is 0.340 e. The minimum Gasteiger partial charge on any atom is -0.496 e. The second-order valence-electron chi connectivity index (χ2n) is 8.73. The van der Waals surface area contributed by atoms with E-state index in [0.29, 0.717) is 22.6 Å². The molecule has 1 aromatic carbocycles. The van der Waals surface area contributed by atoms with Crippen LogP contribution in [0.4, 0.5) is 0 Å². The van der Waals surface area contributed by atoms with E-state index < -0.39 is 5.63 Å². The van der Waals surface area contributed by atoms with Gasteiger partial charge in [0.15, 0.2) is 0 Å². The number of methoxy groups -OCH3 is 1. The quantitative estimate of drug-likeness (QED) is 0.735. The number of likely N-dealkylation sites (tertiary alicyclic amines) is 1. The van der Waals surface area contributed by atoms with Crippen molar-refractivity contribution in [2.24, 2.45) is 0 Å². The summed E-state index contributed by atoms with van der Waals surface area (Å²) in [5.74, 6) is 1.29. The number of carbonyl (C=O) groups excluding carboxylic acids is 1. The smallest absolute Gasteiger partial charge is 0.340 e. The van der Waals surface area contributed by atoms with Crippen LogP contribution >= 0.6 is 0 Å². The number of carbonyl (C=O) groups is 1. The van der Waals surface area contributed by atoms with E-state index in [9.17, 15) is 9.59 Å². The molecule has 29 heavy (non-hydrogen) atoms. The number of amides is 1. The van der Waals surface area contributed by atoms with E-state index in [1.54, 1.807) is 7.11 Å². The molecule has 0 aliphatic carbocycles. The lowest BCUT2D eigenvalue weighted by atomic mass is 9.91. The summed E-state index contributed by atoms with van der Waals surface area (Å²) in [6.07, 6.45) is 4.85. The number of rotatable bonds is 3. The van der Waals surface area contributed by atoms with Crippen LogP contribution in [0.1, 0.15) is 56.2 Å². The van der Waals surface area contributed by atoms with Crippen molar-refractivity contribution in [3.05, 3.63) is 33.2 Å². The van der Waals surface area contributed by atoms with Crippen LogP contribution in [0.25, 0.3) is 11.0 Å². The molecule has 6 nitrogen and oxygen atoms in total. The predicted molar refractivity (Wildman–Crippen MR) is 111 cm³/mol. The van der Waals surface area contributed by atoms with Crippen LogP contribution in [0.5, 0.6) is 11.5 Å². The molecular weight excluding hydrogens is 370 g/mol. The van der Waals surface area contributed by atoms with Gasteiger partial charge in [-0.3, -0.25) is 4.79 Å². The lowest BCUT2D eigenvalue weighted by Crippen LogP contribution is -2.37. The Morgan fingerprint density at radius 2 is 1.97 bits per heavy atom. The third-order valence-corrected chi connectivity index (χ3v) is 6.20. The van der Waals surface area contributed by atoms with Gasteiger partial charge in [0, 0.05) is 24.7 Å². The summed E-state index contributed by atoms with van der Waals surface area (Å²) < 4.78 is 17.5. The van der Waals surface area contributed by atoms with Crippen molar-refractivity contribution in [2.45, 2.75) is 64.9 Å². The van der Waals surface area contributed by atoms with Crippen molar-refractivity contribution in [3.8, 4) is 11.5 Å². The maximum absolute atomic E-state index is 12.9. The molecule has 0 N–H and O–H groups in total. The Kier molecular flexibility index (Phi) is 5.05. The van der Waals surface area contributed by atoms with E-state index >= 15 is 0 Å². The first kappa shape index (κ1) is 19.8. The fourth-order valence-electron chi connectivity index (χ4n) is 4.45. The first-order valence-electron chi connectivity index (χ1n) is 10.4. The van der Waals surface area contributed by atoms with Gasteiger partial charge in [0.2, 0.25) is 5.91 Å². The molecule has 1 saturated heterocycles. The van der Waals surface area contributed by atoms with Crippen LogP contribution in [0, 0.1) is 6.92 Å². The number of hydrogen-bond acceptors (Lipinski definition) is 5. The molecule has 6 heteroatoms. The van der Waals surface area contributed by atoms with Crippen molar-refractivity contribution in [1.29, 1.82) is 0 Å². The monoisotopic (exact) mass is 399 g/mol. The molecule has 0 unspecified atom stereocenters. The third kappa shape index (κ3) is 3.61. The van der Waals surface area contributed by atoms with E-state index in [1.807, 2.05) is 31.7 Å². The normalized spacial score (nSPS) is 18.3. The summed E-state index contributed by atoms with van der Waals surface area (Å²) in [7, 11) is 1.60. The van der Waals surface area contributed by atoms with Crippen LogP contribution in [0.15, 0.2) is 15.3 Å². The lowest BCUT2D eigenvalue weighted by molar-refractivity contribution is -0.131. The zero-order valence-electron chi connectivity index (χ0n) is 17.7. The fourth-order valence-corrected chi connectivity index (χ4v) is 4.45. The van der Waals surface area contributed by atoms with Gasteiger partial charge in [0.25, 0.3) is 0 Å². The summed E-state index contributed by atoms with van der Waals surface area (Å²) in [4.78, 5) is 27.5. The molecule has 2 aliphatic rings. The Hall–Kier alpha value is -2.50. The highest BCUT2D eigenvalue weighted by Gasteiger charge is 2.31. The van der Waals surface area contributed by atoms with Crippen molar-refractivity contribution in [1.82, 2.24) is 4.90 Å². The molecule has 0 spiro atoms. The summed E-state index contributed by atoms with van der Waals surface area (Å²) in [5.41, 5.74) is 1.87. The standard InChI is InChI=1S/C23H29NO5/c1-14-16(12-19(25)24-10-6-5-7-11-24)22(26)28-21-15-8-9-23(2,3)29-17(15)13-18(27-4)20(14)21/h13H,5-12H2,1-4H3. The van der Waals surface area contributed by atoms with E-state index in [0.717, 1.165) is 61.7 Å². The highest BCUT2D eigenvalue weighted by Crippen LogP contribution is 2.43. The Morgan fingerprint density at radius 1 is 1.24 bits per heavy atom. The highest BCUT2D eigenvalue weighted by atomic mass is 16.5. The SMILES string of the molecule is COc1cc2c(c3oc(=O)c(CC(=O)N4CCCCC4)c(C)c13)CCC(C)(C)O2. The number of fused-ring (bicyclic) bond motifs is 3. The molecule has 0 bridgehead atoms. The van der Waals surface area contributed by atoms with E-state index in [-0.39, 0.29) is 17.9 Å². The summed E-state index contributed by atoms with van der Waals surface area (Å²) >= 11 is 0. The molecule has 156 valence electrons. The van der Waals surface area contributed by atoms with Gasteiger partial charge in [-0.05, 0) is 58.4 Å². The van der Waals surface area contributed by atoms with Gasteiger partial charge in [-0.15, -0.1) is 0 Å². The Bertz CT molecular complexity index is 1010. The first-order valence-corrected chi connectivity index (χ1v) is 10.4. The van der Waals surface area contributed by atoms with Gasteiger partial charge in [-0.25, -0.2) is 4.79 Å². The molecule has 4 rings (SSSR count). The van der Waals surface area contributed by atoms with Crippen LogP contribution in [-0.2, 0) is 17.6 Å². The number of benzene rings is 1. The van der Waals surface area contributed by atoms with Crippen LogP contribution in [-0.4, -0.2) is 36.6 Å². The van der Waals surface area contributed by atoms with E-state index in [4.69, 9.17) is 13.9 Å². The number of piperidine rings is 1. The number of ether oxygens (including phenoxy) is 2. The molecule has 0 atom stereocenters. The van der Waals surface area contributed by atoms with Crippen LogP contribution < -0.4 is 15.1 Å². The summed E-state index contributed by atoms with van der Waals surface area (Å²) in [6.45, 7) is 7.49. The van der Waals surface area contributed by atoms with Gasteiger partial charge < -0.3 is 18.8 Å². The van der Waals surface area contributed by atoms with Crippen molar-refractivity contribution >= 4 is 16.9 Å². The van der Waals surface area contributed by atoms with Gasteiger partial charge >= 0.3 is 5.63 Å².